The SMILES string of the molecule is Cc1ccc(-c2nc(C(=O)OCC(=O)c3ccccc3)nn2-c2ccccc2)cc1. The highest BCUT2D eigenvalue weighted by molar-refractivity contribution is 5.98. The van der Waals surface area contributed by atoms with Crippen LogP contribution in [-0.4, -0.2) is 33.1 Å². The lowest BCUT2D eigenvalue weighted by Gasteiger charge is -2.05. The van der Waals surface area contributed by atoms with Crippen molar-refractivity contribution >= 4 is 11.8 Å². The van der Waals surface area contributed by atoms with E-state index in [1.54, 1.807) is 28.9 Å². The number of carbonyl (C=O) groups excluding carboxylic acids is 2. The van der Waals surface area contributed by atoms with E-state index in [1.165, 1.54) is 0 Å². The minimum Gasteiger partial charge on any atom is -0.451 e. The number of hydrogen-bond donors (Lipinski definition) is 0. The first-order valence-corrected chi connectivity index (χ1v) is 9.47. The molecule has 0 bridgehead atoms. The average Bonchev–Trinajstić information content (AvgIpc) is 3.24. The second-order valence-corrected chi connectivity index (χ2v) is 6.74. The van der Waals surface area contributed by atoms with Gasteiger partial charge in [0.15, 0.2) is 18.2 Å². The number of benzene rings is 3. The van der Waals surface area contributed by atoms with Crippen molar-refractivity contribution < 1.29 is 14.3 Å². The van der Waals surface area contributed by atoms with Crippen molar-refractivity contribution in [3.05, 3.63) is 102 Å². The molecule has 0 fully saturated rings. The molecule has 0 N–H and O–H groups in total. The third-order valence-corrected chi connectivity index (χ3v) is 4.53. The van der Waals surface area contributed by atoms with Crippen LogP contribution in [0.2, 0.25) is 0 Å². The van der Waals surface area contributed by atoms with Crippen LogP contribution in [0.3, 0.4) is 0 Å². The maximum Gasteiger partial charge on any atom is 0.378 e. The first-order chi connectivity index (χ1) is 14.6. The largest absolute Gasteiger partial charge is 0.451 e. The second-order valence-electron chi connectivity index (χ2n) is 6.74. The van der Waals surface area contributed by atoms with Crippen LogP contribution in [0.5, 0.6) is 0 Å². The fourth-order valence-corrected chi connectivity index (χ4v) is 2.94. The van der Waals surface area contributed by atoms with Crippen LogP contribution in [0.15, 0.2) is 84.9 Å². The Bertz CT molecular complexity index is 1170. The topological polar surface area (TPSA) is 74.1 Å². The van der Waals surface area contributed by atoms with Gasteiger partial charge in [-0.25, -0.2) is 14.5 Å². The van der Waals surface area contributed by atoms with Gasteiger partial charge in [-0.2, -0.15) is 0 Å². The predicted octanol–water partition coefficient (Wildman–Crippen LogP) is 4.28. The zero-order chi connectivity index (χ0) is 20.9. The van der Waals surface area contributed by atoms with Crippen molar-refractivity contribution in [1.82, 2.24) is 14.8 Å². The van der Waals surface area contributed by atoms with Crippen LogP contribution in [0, 0.1) is 6.92 Å². The van der Waals surface area contributed by atoms with Crippen LogP contribution in [0.4, 0.5) is 0 Å². The van der Waals surface area contributed by atoms with E-state index < -0.39 is 5.97 Å². The zero-order valence-electron chi connectivity index (χ0n) is 16.4. The molecule has 0 atom stereocenters. The summed E-state index contributed by atoms with van der Waals surface area (Å²) in [6.07, 6.45) is 0. The Kier molecular flexibility index (Phi) is 5.48. The molecule has 0 saturated heterocycles. The molecule has 148 valence electrons. The van der Waals surface area contributed by atoms with Gasteiger partial charge < -0.3 is 4.74 Å². The van der Waals surface area contributed by atoms with Gasteiger partial charge in [-0.3, -0.25) is 4.79 Å². The summed E-state index contributed by atoms with van der Waals surface area (Å²) in [5.74, 6) is -0.620. The number of ketones is 1. The highest BCUT2D eigenvalue weighted by atomic mass is 16.5. The molecular formula is C24H19N3O3. The summed E-state index contributed by atoms with van der Waals surface area (Å²) < 4.78 is 6.77. The Morgan fingerprint density at radius 1 is 0.867 bits per heavy atom. The van der Waals surface area contributed by atoms with Crippen molar-refractivity contribution in [2.45, 2.75) is 6.92 Å². The van der Waals surface area contributed by atoms with Gasteiger partial charge in [0.2, 0.25) is 0 Å². The van der Waals surface area contributed by atoms with Gasteiger partial charge in [0.25, 0.3) is 5.82 Å². The standard InChI is InChI=1S/C24H19N3O3/c1-17-12-14-19(15-13-17)23-25-22(26-27(23)20-10-6-3-7-11-20)24(29)30-16-21(28)18-8-4-2-5-9-18/h2-15H,16H2,1H3. The van der Waals surface area contributed by atoms with E-state index in [2.05, 4.69) is 10.1 Å². The predicted molar refractivity (Wildman–Crippen MR) is 113 cm³/mol. The van der Waals surface area contributed by atoms with E-state index in [-0.39, 0.29) is 18.2 Å². The van der Waals surface area contributed by atoms with Gasteiger partial charge in [0.1, 0.15) is 0 Å². The number of aryl methyl sites for hydroxylation is 1. The Morgan fingerprint density at radius 2 is 1.50 bits per heavy atom. The first kappa shape index (κ1) is 19.3. The smallest absolute Gasteiger partial charge is 0.378 e. The van der Waals surface area contributed by atoms with Crippen molar-refractivity contribution in [1.29, 1.82) is 0 Å². The summed E-state index contributed by atoms with van der Waals surface area (Å²) in [5, 5.41) is 4.35. The highest BCUT2D eigenvalue weighted by Gasteiger charge is 2.21. The maximum atomic E-state index is 12.5. The summed E-state index contributed by atoms with van der Waals surface area (Å²) >= 11 is 0. The van der Waals surface area contributed by atoms with Crippen LogP contribution in [-0.2, 0) is 4.74 Å². The van der Waals surface area contributed by atoms with E-state index in [9.17, 15) is 9.59 Å². The Balaban J connectivity index is 1.61. The summed E-state index contributed by atoms with van der Waals surface area (Å²) in [4.78, 5) is 29.2. The Hall–Kier alpha value is -4.06. The highest BCUT2D eigenvalue weighted by Crippen LogP contribution is 2.22. The molecule has 0 unspecified atom stereocenters. The molecule has 1 aromatic heterocycles. The van der Waals surface area contributed by atoms with Crippen LogP contribution < -0.4 is 0 Å². The molecule has 4 rings (SSSR count). The average molecular weight is 397 g/mol. The number of Topliss-reactive ketones (excluding diaryl/α,β-unsaturated/α-hetero) is 1. The number of esters is 1. The molecule has 30 heavy (non-hydrogen) atoms. The summed E-state index contributed by atoms with van der Waals surface area (Å²) in [5.41, 5.74) is 3.17. The lowest BCUT2D eigenvalue weighted by molar-refractivity contribution is 0.0462. The van der Waals surface area contributed by atoms with Crippen molar-refractivity contribution in [2.75, 3.05) is 6.61 Å². The number of hydrogen-bond acceptors (Lipinski definition) is 5. The number of nitrogens with zero attached hydrogens (tertiary/aromatic N) is 3. The van der Waals surface area contributed by atoms with Crippen LogP contribution >= 0.6 is 0 Å². The number of carbonyl (C=O) groups is 2. The normalized spacial score (nSPS) is 10.6. The lowest BCUT2D eigenvalue weighted by Crippen LogP contribution is -2.15. The molecule has 0 saturated carbocycles. The van der Waals surface area contributed by atoms with Gasteiger partial charge in [0, 0.05) is 11.1 Å². The van der Waals surface area contributed by atoms with Gasteiger partial charge >= 0.3 is 5.97 Å². The molecule has 1 heterocycles. The quantitative estimate of drug-likeness (QED) is 0.359. The van der Waals surface area contributed by atoms with E-state index in [0.717, 1.165) is 16.8 Å². The third-order valence-electron chi connectivity index (χ3n) is 4.53. The minimum atomic E-state index is -0.748. The van der Waals surface area contributed by atoms with Crippen molar-refractivity contribution in [3.8, 4) is 17.1 Å². The molecule has 6 heteroatoms. The number of rotatable bonds is 6. The van der Waals surface area contributed by atoms with Gasteiger partial charge in [0.05, 0.1) is 5.69 Å². The monoisotopic (exact) mass is 397 g/mol. The van der Waals surface area contributed by atoms with Crippen molar-refractivity contribution in [2.24, 2.45) is 0 Å². The fraction of sp³-hybridized carbons (Fsp3) is 0.0833. The van der Waals surface area contributed by atoms with Gasteiger partial charge in [-0.05, 0) is 19.1 Å². The Labute approximate surface area is 173 Å². The number of ether oxygens (including phenoxy) is 1. The number of para-hydroxylation sites is 1. The molecule has 0 aliphatic carbocycles. The number of aromatic nitrogens is 3. The molecule has 0 radical (unpaired) electrons. The molecule has 3 aromatic carbocycles. The first-order valence-electron chi connectivity index (χ1n) is 9.47. The van der Waals surface area contributed by atoms with Crippen LogP contribution in [0.25, 0.3) is 17.1 Å². The van der Waals surface area contributed by atoms with Crippen LogP contribution in [0.1, 0.15) is 26.5 Å². The van der Waals surface area contributed by atoms with E-state index in [0.29, 0.717) is 11.4 Å². The Morgan fingerprint density at radius 3 is 2.17 bits per heavy atom. The lowest BCUT2D eigenvalue weighted by atomic mass is 10.1. The molecule has 6 nitrogen and oxygen atoms in total. The fourth-order valence-electron chi connectivity index (χ4n) is 2.94. The molecule has 0 amide bonds. The minimum absolute atomic E-state index is 0.102. The van der Waals surface area contributed by atoms with E-state index in [4.69, 9.17) is 4.74 Å². The second kappa shape index (κ2) is 8.53. The molecule has 0 aliphatic heterocycles. The third kappa shape index (κ3) is 4.17. The van der Waals surface area contributed by atoms with E-state index >= 15 is 0 Å². The summed E-state index contributed by atoms with van der Waals surface area (Å²) in [6.45, 7) is 1.63. The summed E-state index contributed by atoms with van der Waals surface area (Å²) in [7, 11) is 0. The molecule has 4 aromatic rings. The molecular weight excluding hydrogens is 378 g/mol. The van der Waals surface area contributed by atoms with Gasteiger partial charge in [-0.1, -0.05) is 78.4 Å². The zero-order valence-corrected chi connectivity index (χ0v) is 16.4. The molecule has 0 spiro atoms. The maximum absolute atomic E-state index is 12.5. The summed E-state index contributed by atoms with van der Waals surface area (Å²) in [6, 6.07) is 25.9. The van der Waals surface area contributed by atoms with Gasteiger partial charge in [-0.15, -0.1) is 5.10 Å². The molecule has 0 aliphatic rings. The van der Waals surface area contributed by atoms with Crippen molar-refractivity contribution in [3.63, 3.8) is 0 Å². The van der Waals surface area contributed by atoms with E-state index in [1.807, 2.05) is 67.6 Å².